The Kier molecular flexibility index (Phi) is 4.35. The number of rotatable bonds is 2. The van der Waals surface area contributed by atoms with Crippen molar-refractivity contribution in [3.05, 3.63) is 30.3 Å². The van der Waals surface area contributed by atoms with Crippen LogP contribution >= 0.6 is 0 Å². The molecule has 3 fully saturated rings. The van der Waals surface area contributed by atoms with E-state index in [1.807, 2.05) is 11.0 Å². The van der Waals surface area contributed by atoms with Crippen molar-refractivity contribution < 1.29 is 9.53 Å². The fraction of sp³-hybridized carbons (Fsp3) is 0.632. The van der Waals surface area contributed by atoms with Gasteiger partial charge in [0.25, 0.3) is 0 Å². The van der Waals surface area contributed by atoms with Crippen LogP contribution in [-0.4, -0.2) is 56.4 Å². The molecule has 1 spiro atoms. The van der Waals surface area contributed by atoms with Crippen molar-refractivity contribution in [2.45, 2.75) is 31.7 Å². The summed E-state index contributed by atoms with van der Waals surface area (Å²) in [4.78, 5) is 17.0. The number of nitrogens with zero attached hydrogens (tertiary/aromatic N) is 2. The molecule has 3 aliphatic rings. The molecular formula is C19H27N3O2. The van der Waals surface area contributed by atoms with E-state index in [0.717, 1.165) is 65.1 Å². The van der Waals surface area contributed by atoms with E-state index in [-0.39, 0.29) is 17.5 Å². The second-order valence-electron chi connectivity index (χ2n) is 7.54. The van der Waals surface area contributed by atoms with Crippen LogP contribution in [0.2, 0.25) is 0 Å². The fourth-order valence-electron chi connectivity index (χ4n) is 4.31. The Morgan fingerprint density at radius 3 is 2.88 bits per heavy atom. The third-order valence-corrected chi connectivity index (χ3v) is 5.78. The molecule has 3 saturated heterocycles. The molecule has 0 bridgehead atoms. The van der Waals surface area contributed by atoms with Gasteiger partial charge in [0, 0.05) is 49.9 Å². The largest absolute Gasteiger partial charge is 0.381 e. The number of anilines is 1. The molecule has 5 heteroatoms. The number of nitrogens with one attached hydrogen (secondary N) is 1. The normalized spacial score (nSPS) is 30.1. The van der Waals surface area contributed by atoms with Gasteiger partial charge in [-0.3, -0.25) is 0 Å². The van der Waals surface area contributed by atoms with Gasteiger partial charge in [0.2, 0.25) is 0 Å². The number of urea groups is 1. The first-order valence-electron chi connectivity index (χ1n) is 9.17. The average Bonchev–Trinajstić information content (AvgIpc) is 3.26. The van der Waals surface area contributed by atoms with Crippen LogP contribution in [0, 0.1) is 5.41 Å². The minimum Gasteiger partial charge on any atom is -0.381 e. The van der Waals surface area contributed by atoms with Gasteiger partial charge in [-0.05, 0) is 37.8 Å². The Bertz CT molecular complexity index is 571. The van der Waals surface area contributed by atoms with Crippen molar-refractivity contribution in [3.63, 3.8) is 0 Å². The van der Waals surface area contributed by atoms with Crippen LogP contribution in [0.15, 0.2) is 30.3 Å². The fourth-order valence-corrected chi connectivity index (χ4v) is 4.31. The van der Waals surface area contributed by atoms with Crippen LogP contribution in [-0.2, 0) is 4.74 Å². The summed E-state index contributed by atoms with van der Waals surface area (Å²) in [5.41, 5.74) is 1.49. The molecule has 1 aromatic carbocycles. The molecule has 5 nitrogen and oxygen atoms in total. The van der Waals surface area contributed by atoms with Crippen LogP contribution in [0.3, 0.4) is 0 Å². The molecule has 0 aliphatic carbocycles. The van der Waals surface area contributed by atoms with Crippen LogP contribution < -0.4 is 10.2 Å². The number of ether oxygens (including phenoxy) is 1. The maximum Gasteiger partial charge on any atom is 0.317 e. The molecular weight excluding hydrogens is 302 g/mol. The van der Waals surface area contributed by atoms with Gasteiger partial charge in [0.15, 0.2) is 0 Å². The Morgan fingerprint density at radius 1 is 1.21 bits per heavy atom. The van der Waals surface area contributed by atoms with Gasteiger partial charge in [0.05, 0.1) is 6.61 Å². The average molecular weight is 329 g/mol. The van der Waals surface area contributed by atoms with Crippen molar-refractivity contribution in [1.82, 2.24) is 10.2 Å². The minimum atomic E-state index is 0.110. The zero-order valence-electron chi connectivity index (χ0n) is 14.2. The molecule has 3 aliphatic heterocycles. The van der Waals surface area contributed by atoms with Gasteiger partial charge in [-0.25, -0.2) is 4.79 Å². The third-order valence-electron chi connectivity index (χ3n) is 5.78. The summed E-state index contributed by atoms with van der Waals surface area (Å²) in [5.74, 6) is 0. The lowest BCUT2D eigenvalue weighted by Gasteiger charge is -2.35. The van der Waals surface area contributed by atoms with Gasteiger partial charge in [-0.1, -0.05) is 18.2 Å². The SMILES string of the molecule is O=C(N[C@H]1CCCN(c2ccccc2)C1)N1CC[C@]2(CCOC2)C1. The number of carbonyl (C=O) groups is 1. The number of hydrogen-bond acceptors (Lipinski definition) is 3. The third kappa shape index (κ3) is 3.22. The summed E-state index contributed by atoms with van der Waals surface area (Å²) in [6, 6.07) is 10.8. The van der Waals surface area contributed by atoms with Gasteiger partial charge < -0.3 is 19.9 Å². The van der Waals surface area contributed by atoms with E-state index < -0.39 is 0 Å². The number of carbonyl (C=O) groups excluding carboxylic acids is 1. The Morgan fingerprint density at radius 2 is 2.08 bits per heavy atom. The first-order chi connectivity index (χ1) is 11.7. The number of hydrogen-bond donors (Lipinski definition) is 1. The molecule has 0 aromatic heterocycles. The predicted octanol–water partition coefficient (Wildman–Crippen LogP) is 2.48. The number of para-hydroxylation sites is 1. The lowest BCUT2D eigenvalue weighted by molar-refractivity contribution is 0.152. The molecule has 2 atom stereocenters. The van der Waals surface area contributed by atoms with Crippen LogP contribution in [0.4, 0.5) is 10.5 Å². The lowest BCUT2D eigenvalue weighted by Crippen LogP contribution is -2.51. The van der Waals surface area contributed by atoms with Crippen molar-refractivity contribution in [2.24, 2.45) is 5.41 Å². The van der Waals surface area contributed by atoms with Gasteiger partial charge >= 0.3 is 6.03 Å². The highest BCUT2D eigenvalue weighted by molar-refractivity contribution is 5.75. The van der Waals surface area contributed by atoms with Crippen molar-refractivity contribution in [1.29, 1.82) is 0 Å². The zero-order valence-corrected chi connectivity index (χ0v) is 14.2. The molecule has 0 radical (unpaired) electrons. The zero-order chi connectivity index (χ0) is 16.4. The predicted molar refractivity (Wildman–Crippen MR) is 94.3 cm³/mol. The van der Waals surface area contributed by atoms with Gasteiger partial charge in [-0.2, -0.15) is 0 Å². The Hall–Kier alpha value is -1.75. The molecule has 0 unspecified atom stereocenters. The quantitative estimate of drug-likeness (QED) is 0.907. The first-order valence-corrected chi connectivity index (χ1v) is 9.17. The summed E-state index contributed by atoms with van der Waals surface area (Å²) in [6.07, 6.45) is 4.37. The summed E-state index contributed by atoms with van der Waals surface area (Å²) >= 11 is 0. The van der Waals surface area contributed by atoms with Crippen molar-refractivity contribution in [2.75, 3.05) is 44.3 Å². The highest BCUT2D eigenvalue weighted by Gasteiger charge is 2.43. The van der Waals surface area contributed by atoms with Gasteiger partial charge in [0.1, 0.15) is 0 Å². The first kappa shape index (κ1) is 15.8. The van der Waals surface area contributed by atoms with Crippen molar-refractivity contribution >= 4 is 11.7 Å². The summed E-state index contributed by atoms with van der Waals surface area (Å²) in [7, 11) is 0. The Balaban J connectivity index is 1.32. The van der Waals surface area contributed by atoms with Crippen LogP contribution in [0.25, 0.3) is 0 Å². The van der Waals surface area contributed by atoms with Crippen molar-refractivity contribution in [3.8, 4) is 0 Å². The van der Waals surface area contributed by atoms with Crippen LogP contribution in [0.1, 0.15) is 25.7 Å². The van der Waals surface area contributed by atoms with E-state index in [4.69, 9.17) is 4.74 Å². The van der Waals surface area contributed by atoms with E-state index in [2.05, 4.69) is 34.5 Å². The lowest BCUT2D eigenvalue weighted by atomic mass is 9.87. The Labute approximate surface area is 144 Å². The van der Waals surface area contributed by atoms with Crippen LogP contribution in [0.5, 0.6) is 0 Å². The highest BCUT2D eigenvalue weighted by Crippen LogP contribution is 2.38. The second kappa shape index (κ2) is 6.63. The van der Waals surface area contributed by atoms with E-state index in [1.54, 1.807) is 0 Å². The highest BCUT2D eigenvalue weighted by atomic mass is 16.5. The molecule has 24 heavy (non-hydrogen) atoms. The summed E-state index contributed by atoms with van der Waals surface area (Å²) < 4.78 is 5.56. The molecule has 0 saturated carbocycles. The molecule has 1 N–H and O–H groups in total. The smallest absolute Gasteiger partial charge is 0.317 e. The number of likely N-dealkylation sites (tertiary alicyclic amines) is 1. The summed E-state index contributed by atoms with van der Waals surface area (Å²) in [6.45, 7) is 5.36. The number of amides is 2. The maximum atomic E-state index is 12.7. The maximum absolute atomic E-state index is 12.7. The number of benzene rings is 1. The number of piperidine rings is 1. The molecule has 2 amide bonds. The van der Waals surface area contributed by atoms with E-state index in [9.17, 15) is 4.79 Å². The van der Waals surface area contributed by atoms with E-state index in [0.29, 0.717) is 0 Å². The van der Waals surface area contributed by atoms with E-state index in [1.165, 1.54) is 5.69 Å². The van der Waals surface area contributed by atoms with E-state index >= 15 is 0 Å². The van der Waals surface area contributed by atoms with Gasteiger partial charge in [-0.15, -0.1) is 0 Å². The monoisotopic (exact) mass is 329 g/mol. The minimum absolute atomic E-state index is 0.110. The molecule has 4 rings (SSSR count). The molecule has 1 aromatic rings. The second-order valence-corrected chi connectivity index (χ2v) is 7.54. The molecule has 3 heterocycles. The standard InChI is InChI=1S/C19H27N3O2/c23-18(22-11-8-19(14-22)9-12-24-15-19)20-16-5-4-10-21(13-16)17-6-2-1-3-7-17/h1-3,6-7,16H,4-5,8-15H2,(H,20,23)/t16-,19-/m0/s1. The summed E-state index contributed by atoms with van der Waals surface area (Å²) in [5, 5.41) is 3.27. The molecule has 130 valence electrons. The topological polar surface area (TPSA) is 44.8 Å².